The highest BCUT2D eigenvalue weighted by atomic mass is 79.9. The van der Waals surface area contributed by atoms with E-state index in [1.165, 1.54) is 0 Å². The van der Waals surface area contributed by atoms with Crippen LogP contribution in [0.4, 0.5) is 0 Å². The molecule has 1 aromatic carbocycles. The van der Waals surface area contributed by atoms with Crippen molar-refractivity contribution in [1.29, 1.82) is 0 Å². The average Bonchev–Trinajstić information content (AvgIpc) is 2.62. The van der Waals surface area contributed by atoms with E-state index < -0.39 is 0 Å². The van der Waals surface area contributed by atoms with E-state index >= 15 is 0 Å². The minimum absolute atomic E-state index is 0.0110. The number of rotatable bonds is 3. The Kier molecular flexibility index (Phi) is 3.72. The van der Waals surface area contributed by atoms with Crippen LogP contribution in [-0.2, 0) is 0 Å². The van der Waals surface area contributed by atoms with Crippen LogP contribution in [0.1, 0.15) is 31.6 Å². The highest BCUT2D eigenvalue weighted by Crippen LogP contribution is 2.33. The van der Waals surface area contributed by atoms with Gasteiger partial charge in [0.25, 0.3) is 0 Å². The summed E-state index contributed by atoms with van der Waals surface area (Å²) in [4.78, 5) is 0. The maximum absolute atomic E-state index is 6.04. The minimum Gasteiger partial charge on any atom is -0.458 e. The lowest BCUT2D eigenvalue weighted by Crippen LogP contribution is -2.08. The molecule has 4 heteroatoms. The van der Waals surface area contributed by atoms with Gasteiger partial charge in [-0.2, -0.15) is 0 Å². The summed E-state index contributed by atoms with van der Waals surface area (Å²) in [5, 5.41) is 1.07. The molecule has 0 aliphatic heterocycles. The second-order valence-electron chi connectivity index (χ2n) is 3.85. The maximum atomic E-state index is 6.04. The van der Waals surface area contributed by atoms with E-state index in [-0.39, 0.29) is 6.04 Å². The molecule has 0 aliphatic rings. The second-order valence-corrected chi connectivity index (χ2v) is 5.62. The summed E-state index contributed by atoms with van der Waals surface area (Å²) in [5.74, 6) is 0.857. The fourth-order valence-electron chi connectivity index (χ4n) is 1.73. The standard InChI is InChI=1S/C12H13Br2NO/c1-2-3-10(15)11-5-7-4-8(13)6-9(14)12(7)16-11/h4-6,10H,2-3,15H2,1H3. The number of hydrogen-bond donors (Lipinski definition) is 1. The zero-order chi connectivity index (χ0) is 11.7. The van der Waals surface area contributed by atoms with Crippen molar-refractivity contribution in [2.75, 3.05) is 0 Å². The van der Waals surface area contributed by atoms with Gasteiger partial charge in [0, 0.05) is 9.86 Å². The number of furan rings is 1. The van der Waals surface area contributed by atoms with Crippen molar-refractivity contribution in [3.05, 3.63) is 32.9 Å². The van der Waals surface area contributed by atoms with Gasteiger partial charge in [-0.25, -0.2) is 0 Å². The normalized spacial score (nSPS) is 13.2. The number of hydrogen-bond acceptors (Lipinski definition) is 2. The fraction of sp³-hybridized carbons (Fsp3) is 0.333. The number of nitrogens with two attached hydrogens (primary N) is 1. The third-order valence-electron chi connectivity index (χ3n) is 2.52. The lowest BCUT2D eigenvalue weighted by molar-refractivity contribution is 0.474. The van der Waals surface area contributed by atoms with Crippen molar-refractivity contribution >= 4 is 42.8 Å². The monoisotopic (exact) mass is 345 g/mol. The van der Waals surface area contributed by atoms with E-state index in [0.717, 1.165) is 38.5 Å². The molecule has 1 atom stereocenters. The predicted octanol–water partition coefficient (Wildman–Crippen LogP) is 4.76. The SMILES string of the molecule is CCCC(N)c1cc2cc(Br)cc(Br)c2o1. The smallest absolute Gasteiger partial charge is 0.148 e. The second kappa shape index (κ2) is 4.90. The van der Waals surface area contributed by atoms with E-state index in [1.54, 1.807) is 0 Å². The molecule has 1 unspecified atom stereocenters. The first-order valence-corrected chi connectivity index (χ1v) is 6.84. The van der Waals surface area contributed by atoms with Crippen molar-refractivity contribution in [2.24, 2.45) is 5.73 Å². The van der Waals surface area contributed by atoms with Crippen LogP contribution in [0, 0.1) is 0 Å². The minimum atomic E-state index is -0.0110. The molecule has 0 saturated heterocycles. The van der Waals surface area contributed by atoms with Crippen LogP contribution in [0.2, 0.25) is 0 Å². The molecule has 0 bridgehead atoms. The Balaban J connectivity index is 2.47. The van der Waals surface area contributed by atoms with Crippen LogP contribution in [0.3, 0.4) is 0 Å². The summed E-state index contributed by atoms with van der Waals surface area (Å²) in [6.07, 6.45) is 2.00. The largest absolute Gasteiger partial charge is 0.458 e. The van der Waals surface area contributed by atoms with Crippen LogP contribution in [-0.4, -0.2) is 0 Å². The van der Waals surface area contributed by atoms with Crippen LogP contribution in [0.15, 0.2) is 31.6 Å². The Morgan fingerprint density at radius 2 is 2.06 bits per heavy atom. The summed E-state index contributed by atoms with van der Waals surface area (Å²) in [5.41, 5.74) is 6.90. The van der Waals surface area contributed by atoms with Gasteiger partial charge >= 0.3 is 0 Å². The number of fused-ring (bicyclic) bond motifs is 1. The fourth-order valence-corrected chi connectivity index (χ4v) is 3.07. The highest BCUT2D eigenvalue weighted by molar-refractivity contribution is 9.11. The average molecular weight is 347 g/mol. The van der Waals surface area contributed by atoms with E-state index in [2.05, 4.69) is 38.8 Å². The first-order valence-electron chi connectivity index (χ1n) is 5.26. The van der Waals surface area contributed by atoms with Crippen LogP contribution in [0.5, 0.6) is 0 Å². The van der Waals surface area contributed by atoms with Gasteiger partial charge in [-0.3, -0.25) is 0 Å². The van der Waals surface area contributed by atoms with Gasteiger partial charge in [0.1, 0.15) is 11.3 Å². The van der Waals surface area contributed by atoms with Crippen molar-refractivity contribution in [3.63, 3.8) is 0 Å². The topological polar surface area (TPSA) is 39.2 Å². The van der Waals surface area contributed by atoms with Gasteiger partial charge in [0.2, 0.25) is 0 Å². The summed E-state index contributed by atoms with van der Waals surface area (Å²) >= 11 is 6.94. The lowest BCUT2D eigenvalue weighted by Gasteiger charge is -2.05. The van der Waals surface area contributed by atoms with Crippen molar-refractivity contribution in [1.82, 2.24) is 0 Å². The van der Waals surface area contributed by atoms with Crippen LogP contribution in [0.25, 0.3) is 11.0 Å². The zero-order valence-corrected chi connectivity index (χ0v) is 12.1. The first-order chi connectivity index (χ1) is 7.61. The van der Waals surface area contributed by atoms with Gasteiger partial charge in [-0.15, -0.1) is 0 Å². The van der Waals surface area contributed by atoms with E-state index in [1.807, 2.05) is 18.2 Å². The quantitative estimate of drug-likeness (QED) is 0.870. The molecular weight excluding hydrogens is 334 g/mol. The van der Waals surface area contributed by atoms with E-state index in [4.69, 9.17) is 10.2 Å². The predicted molar refractivity (Wildman–Crippen MR) is 73.5 cm³/mol. The number of benzene rings is 1. The molecule has 1 aromatic heterocycles. The molecule has 2 rings (SSSR count). The van der Waals surface area contributed by atoms with Crippen molar-refractivity contribution in [3.8, 4) is 0 Å². The molecule has 2 N–H and O–H groups in total. The summed E-state index contributed by atoms with van der Waals surface area (Å²) in [6.45, 7) is 2.12. The Bertz CT molecular complexity index is 507. The molecule has 2 aromatic rings. The van der Waals surface area contributed by atoms with Gasteiger partial charge in [-0.05, 0) is 40.5 Å². The first kappa shape index (κ1) is 12.1. The van der Waals surface area contributed by atoms with E-state index in [9.17, 15) is 0 Å². The molecule has 0 aliphatic carbocycles. The van der Waals surface area contributed by atoms with Crippen LogP contribution >= 0.6 is 31.9 Å². The van der Waals surface area contributed by atoms with Gasteiger partial charge in [0.15, 0.2) is 0 Å². The highest BCUT2D eigenvalue weighted by Gasteiger charge is 2.13. The molecule has 2 nitrogen and oxygen atoms in total. The van der Waals surface area contributed by atoms with Crippen molar-refractivity contribution in [2.45, 2.75) is 25.8 Å². The molecule has 1 heterocycles. The van der Waals surface area contributed by atoms with Crippen LogP contribution < -0.4 is 5.73 Å². The molecule has 0 saturated carbocycles. The summed E-state index contributed by atoms with van der Waals surface area (Å²) < 4.78 is 7.76. The molecule has 86 valence electrons. The Hall–Kier alpha value is -0.320. The summed E-state index contributed by atoms with van der Waals surface area (Å²) in [7, 11) is 0. The molecule has 0 radical (unpaired) electrons. The molecule has 0 fully saturated rings. The van der Waals surface area contributed by atoms with Crippen molar-refractivity contribution < 1.29 is 4.42 Å². The maximum Gasteiger partial charge on any atom is 0.148 e. The molecular formula is C12H13Br2NO. The molecule has 0 spiro atoms. The Labute approximate surface area is 111 Å². The van der Waals surface area contributed by atoms with Gasteiger partial charge in [-0.1, -0.05) is 29.3 Å². The van der Waals surface area contributed by atoms with Gasteiger partial charge in [0.05, 0.1) is 10.5 Å². The Morgan fingerprint density at radius 3 is 2.75 bits per heavy atom. The third kappa shape index (κ3) is 2.34. The molecule has 16 heavy (non-hydrogen) atoms. The Morgan fingerprint density at radius 1 is 1.31 bits per heavy atom. The van der Waals surface area contributed by atoms with Gasteiger partial charge < -0.3 is 10.2 Å². The lowest BCUT2D eigenvalue weighted by atomic mass is 10.1. The zero-order valence-electron chi connectivity index (χ0n) is 8.97. The number of halogens is 2. The summed E-state index contributed by atoms with van der Waals surface area (Å²) in [6, 6.07) is 6.01. The van der Waals surface area contributed by atoms with E-state index in [0.29, 0.717) is 0 Å². The molecule has 0 amide bonds. The third-order valence-corrected chi connectivity index (χ3v) is 3.57.